The molecule has 0 saturated heterocycles. The van der Waals surface area contributed by atoms with E-state index in [1.807, 2.05) is 6.07 Å². The standard InChI is InChI=1S/C8H5IOS/c9-11-6-5-7-3-1-2-4-8(7)10/h1-4,10H. The molecule has 0 amide bonds. The van der Waals surface area contributed by atoms with Crippen molar-refractivity contribution in [1.82, 2.24) is 0 Å². The Morgan fingerprint density at radius 3 is 2.73 bits per heavy atom. The van der Waals surface area contributed by atoms with Gasteiger partial charge in [0.25, 0.3) is 0 Å². The number of para-hydroxylation sites is 1. The zero-order valence-corrected chi connectivity index (χ0v) is 8.52. The Labute approximate surface area is 81.8 Å². The van der Waals surface area contributed by atoms with Crippen molar-refractivity contribution in [3.05, 3.63) is 29.8 Å². The lowest BCUT2D eigenvalue weighted by atomic mass is 10.2. The van der Waals surface area contributed by atoms with Crippen LogP contribution in [0.15, 0.2) is 24.3 Å². The van der Waals surface area contributed by atoms with Gasteiger partial charge < -0.3 is 5.11 Å². The van der Waals surface area contributed by atoms with Gasteiger partial charge in [-0.2, -0.15) is 0 Å². The van der Waals surface area contributed by atoms with Crippen LogP contribution in [0.4, 0.5) is 0 Å². The van der Waals surface area contributed by atoms with Gasteiger partial charge in [0, 0.05) is 21.2 Å². The van der Waals surface area contributed by atoms with Crippen LogP contribution in [0.5, 0.6) is 5.75 Å². The molecule has 0 fully saturated rings. The second kappa shape index (κ2) is 4.52. The van der Waals surface area contributed by atoms with Crippen molar-refractivity contribution in [2.75, 3.05) is 0 Å². The van der Waals surface area contributed by atoms with Gasteiger partial charge in [0.05, 0.1) is 5.56 Å². The van der Waals surface area contributed by atoms with Gasteiger partial charge in [-0.05, 0) is 26.3 Å². The first-order valence-electron chi connectivity index (χ1n) is 2.91. The number of phenols is 1. The van der Waals surface area contributed by atoms with Crippen molar-refractivity contribution in [1.29, 1.82) is 0 Å². The van der Waals surface area contributed by atoms with E-state index in [0.29, 0.717) is 5.56 Å². The van der Waals surface area contributed by atoms with E-state index < -0.39 is 0 Å². The molecule has 56 valence electrons. The molecule has 0 spiro atoms. The molecule has 0 aliphatic carbocycles. The molecule has 1 aromatic carbocycles. The summed E-state index contributed by atoms with van der Waals surface area (Å²) >= 11 is 2.09. The zero-order chi connectivity index (χ0) is 8.10. The minimum Gasteiger partial charge on any atom is -0.507 e. The van der Waals surface area contributed by atoms with Crippen molar-refractivity contribution in [2.24, 2.45) is 0 Å². The van der Waals surface area contributed by atoms with E-state index in [0.717, 1.165) is 0 Å². The number of aromatic hydroxyl groups is 1. The predicted molar refractivity (Wildman–Crippen MR) is 56.6 cm³/mol. The Balaban J connectivity index is 2.95. The first-order valence-corrected chi connectivity index (χ1v) is 6.27. The van der Waals surface area contributed by atoms with Crippen LogP contribution >= 0.6 is 30.1 Å². The van der Waals surface area contributed by atoms with E-state index in [1.165, 1.54) is 8.93 Å². The molecule has 3 heteroatoms. The van der Waals surface area contributed by atoms with Gasteiger partial charge in [-0.15, -0.1) is 0 Å². The minimum absolute atomic E-state index is 0.241. The Kier molecular flexibility index (Phi) is 3.60. The van der Waals surface area contributed by atoms with Crippen molar-refractivity contribution in [2.45, 2.75) is 0 Å². The molecule has 0 atom stereocenters. The van der Waals surface area contributed by atoms with Gasteiger partial charge >= 0.3 is 0 Å². The van der Waals surface area contributed by atoms with E-state index in [1.54, 1.807) is 18.2 Å². The van der Waals surface area contributed by atoms with Crippen LogP contribution < -0.4 is 0 Å². The lowest BCUT2D eigenvalue weighted by Gasteiger charge is -1.92. The van der Waals surface area contributed by atoms with Gasteiger partial charge in [-0.3, -0.25) is 0 Å². The van der Waals surface area contributed by atoms with Crippen LogP contribution in [-0.4, -0.2) is 5.11 Å². The fraction of sp³-hybridized carbons (Fsp3) is 0. The highest BCUT2D eigenvalue weighted by molar-refractivity contribution is 14.2. The molecule has 0 aliphatic rings. The molecule has 0 radical (unpaired) electrons. The number of halogens is 1. The molecule has 1 rings (SSSR count). The van der Waals surface area contributed by atoms with Crippen LogP contribution in [-0.2, 0) is 0 Å². The summed E-state index contributed by atoms with van der Waals surface area (Å²) in [7, 11) is 1.40. The lowest BCUT2D eigenvalue weighted by Crippen LogP contribution is -1.72. The van der Waals surface area contributed by atoms with Crippen molar-refractivity contribution in [3.63, 3.8) is 0 Å². The summed E-state index contributed by atoms with van der Waals surface area (Å²) in [5.74, 6) is 3.06. The van der Waals surface area contributed by atoms with Crippen molar-refractivity contribution < 1.29 is 5.11 Å². The maximum Gasteiger partial charge on any atom is 0.131 e. The molecule has 0 unspecified atom stereocenters. The summed E-state index contributed by atoms with van der Waals surface area (Å²) in [5, 5.41) is 12.0. The van der Waals surface area contributed by atoms with Crippen LogP contribution in [0, 0.1) is 11.2 Å². The van der Waals surface area contributed by atoms with Gasteiger partial charge in [0.15, 0.2) is 0 Å². The first-order chi connectivity index (χ1) is 5.34. The predicted octanol–water partition coefficient (Wildman–Crippen LogP) is 2.78. The SMILES string of the molecule is Oc1ccccc1C#CSI. The molecular formula is C8H5IOS. The summed E-state index contributed by atoms with van der Waals surface area (Å²) in [4.78, 5) is 0. The van der Waals surface area contributed by atoms with Gasteiger partial charge in [0.1, 0.15) is 5.75 Å². The maximum atomic E-state index is 9.22. The summed E-state index contributed by atoms with van der Waals surface area (Å²) in [6.45, 7) is 0. The Morgan fingerprint density at radius 1 is 1.36 bits per heavy atom. The van der Waals surface area contributed by atoms with Crippen LogP contribution in [0.3, 0.4) is 0 Å². The van der Waals surface area contributed by atoms with Crippen LogP contribution in [0.25, 0.3) is 0 Å². The highest BCUT2D eigenvalue weighted by Gasteiger charge is 1.92. The average molecular weight is 276 g/mol. The summed E-state index contributed by atoms with van der Waals surface area (Å²) in [6, 6.07) is 7.04. The van der Waals surface area contributed by atoms with E-state index in [4.69, 9.17) is 0 Å². The molecule has 11 heavy (non-hydrogen) atoms. The van der Waals surface area contributed by atoms with E-state index >= 15 is 0 Å². The van der Waals surface area contributed by atoms with Crippen molar-refractivity contribution in [3.8, 4) is 16.9 Å². The van der Waals surface area contributed by atoms with Crippen LogP contribution in [0.2, 0.25) is 0 Å². The average Bonchev–Trinajstić information content (AvgIpc) is 2.03. The molecule has 0 heterocycles. The third-order valence-electron chi connectivity index (χ3n) is 1.13. The maximum absolute atomic E-state index is 9.22. The van der Waals surface area contributed by atoms with Gasteiger partial charge in [-0.25, -0.2) is 0 Å². The molecule has 0 bridgehead atoms. The van der Waals surface area contributed by atoms with Crippen molar-refractivity contribution >= 4 is 30.1 Å². The lowest BCUT2D eigenvalue weighted by molar-refractivity contribution is 0.474. The fourth-order valence-electron chi connectivity index (χ4n) is 0.654. The molecular weight excluding hydrogens is 271 g/mol. The number of hydrogen-bond acceptors (Lipinski definition) is 2. The molecule has 1 N–H and O–H groups in total. The monoisotopic (exact) mass is 276 g/mol. The summed E-state index contributed by atoms with van der Waals surface area (Å²) in [6.07, 6.45) is 0. The third-order valence-corrected chi connectivity index (χ3v) is 1.97. The quantitative estimate of drug-likeness (QED) is 0.581. The van der Waals surface area contributed by atoms with Gasteiger partial charge in [-0.1, -0.05) is 18.1 Å². The molecule has 0 aliphatic heterocycles. The third kappa shape index (κ3) is 2.64. The van der Waals surface area contributed by atoms with E-state index in [2.05, 4.69) is 32.4 Å². The topological polar surface area (TPSA) is 20.2 Å². The normalized spacial score (nSPS) is 8.45. The largest absolute Gasteiger partial charge is 0.507 e. The Bertz CT molecular complexity index is 300. The Morgan fingerprint density at radius 2 is 2.09 bits per heavy atom. The van der Waals surface area contributed by atoms with Gasteiger partial charge in [0.2, 0.25) is 0 Å². The Hall–Kier alpha value is -0.340. The fourth-order valence-corrected chi connectivity index (χ4v) is 1.13. The van der Waals surface area contributed by atoms with Crippen LogP contribution in [0.1, 0.15) is 5.56 Å². The zero-order valence-electron chi connectivity index (χ0n) is 5.54. The number of benzene rings is 1. The first kappa shape index (κ1) is 8.75. The highest BCUT2D eigenvalue weighted by Crippen LogP contribution is 2.15. The number of phenolic OH excluding ortho intramolecular Hbond substituents is 1. The summed E-state index contributed by atoms with van der Waals surface area (Å²) < 4.78 is 0. The second-order valence-corrected chi connectivity index (χ2v) is 3.50. The number of hydrogen-bond donors (Lipinski definition) is 1. The minimum atomic E-state index is 0.241. The van der Waals surface area contributed by atoms with E-state index in [-0.39, 0.29) is 5.75 Å². The molecule has 1 aromatic rings. The molecule has 0 aromatic heterocycles. The second-order valence-electron chi connectivity index (χ2n) is 1.82. The smallest absolute Gasteiger partial charge is 0.131 e. The number of rotatable bonds is 0. The highest BCUT2D eigenvalue weighted by atomic mass is 127. The molecule has 1 nitrogen and oxygen atoms in total. The molecule has 0 saturated carbocycles. The summed E-state index contributed by atoms with van der Waals surface area (Å²) in [5.41, 5.74) is 0.677. The van der Waals surface area contributed by atoms with E-state index in [9.17, 15) is 5.11 Å².